The standard InChI is InChI=1S/C24H25F5N6O2S/c1-10-6-34(7-11(2)31-10)22-13-4-14(24(27,28)29)17(18-15(25)5-16(26)21(30)32-18)20-19(13)35(23(36)33-22)8-12(37-3)9-38-20/h4-5,10-12,31H,6-9H2,1-3H3,(H2,30,32)/t10-,11+,12-/m0/s1. The van der Waals surface area contributed by atoms with Crippen molar-refractivity contribution in [2.45, 2.75) is 49.7 Å². The van der Waals surface area contributed by atoms with Crippen LogP contribution < -0.4 is 21.6 Å². The summed E-state index contributed by atoms with van der Waals surface area (Å²) in [5.41, 5.74) is 2.48. The van der Waals surface area contributed by atoms with Gasteiger partial charge < -0.3 is 20.7 Å². The predicted octanol–water partition coefficient (Wildman–Crippen LogP) is 3.65. The Bertz CT molecular complexity index is 1470. The van der Waals surface area contributed by atoms with Crippen LogP contribution in [0.5, 0.6) is 0 Å². The number of methoxy groups -OCH3 is 1. The number of ether oxygens (including phenoxy) is 1. The molecule has 14 heteroatoms. The van der Waals surface area contributed by atoms with Gasteiger partial charge in [-0.1, -0.05) is 0 Å². The van der Waals surface area contributed by atoms with E-state index in [1.165, 1.54) is 11.7 Å². The lowest BCUT2D eigenvalue weighted by molar-refractivity contribution is -0.137. The maximum atomic E-state index is 15.0. The Balaban J connectivity index is 1.92. The van der Waals surface area contributed by atoms with Gasteiger partial charge in [-0.2, -0.15) is 18.2 Å². The minimum atomic E-state index is -4.95. The number of nitrogens with two attached hydrogens (primary N) is 1. The van der Waals surface area contributed by atoms with Gasteiger partial charge in [0.15, 0.2) is 17.5 Å². The van der Waals surface area contributed by atoms with E-state index in [0.717, 1.165) is 17.8 Å². The molecular formula is C24H25F5N6O2S. The number of hydrogen-bond donors (Lipinski definition) is 2. The maximum absolute atomic E-state index is 15.0. The fourth-order valence-corrected chi connectivity index (χ4v) is 6.44. The van der Waals surface area contributed by atoms with Crippen molar-refractivity contribution in [2.75, 3.05) is 36.6 Å². The van der Waals surface area contributed by atoms with Crippen molar-refractivity contribution in [3.05, 3.63) is 39.8 Å². The number of anilines is 2. The summed E-state index contributed by atoms with van der Waals surface area (Å²) < 4.78 is 79.6. The predicted molar refractivity (Wildman–Crippen MR) is 134 cm³/mol. The smallest absolute Gasteiger partial charge is 0.381 e. The van der Waals surface area contributed by atoms with Crippen molar-refractivity contribution in [3.8, 4) is 11.3 Å². The number of nitrogen functional groups attached to an aromatic ring is 1. The van der Waals surface area contributed by atoms with E-state index in [1.54, 1.807) is 4.90 Å². The first-order valence-electron chi connectivity index (χ1n) is 11.9. The number of pyridine rings is 1. The van der Waals surface area contributed by atoms with Gasteiger partial charge in [0.05, 0.1) is 23.7 Å². The van der Waals surface area contributed by atoms with E-state index >= 15 is 4.39 Å². The number of piperazine rings is 1. The van der Waals surface area contributed by atoms with Crippen molar-refractivity contribution >= 4 is 34.3 Å². The highest BCUT2D eigenvalue weighted by atomic mass is 32.2. The molecule has 0 bridgehead atoms. The molecule has 38 heavy (non-hydrogen) atoms. The average Bonchev–Trinajstić information content (AvgIpc) is 3.03. The number of halogens is 5. The van der Waals surface area contributed by atoms with Gasteiger partial charge in [0, 0.05) is 59.9 Å². The molecule has 4 heterocycles. The molecule has 2 aromatic heterocycles. The molecule has 0 unspecified atom stereocenters. The normalized spacial score (nSPS) is 22.1. The summed E-state index contributed by atoms with van der Waals surface area (Å²) in [5, 5.41) is 3.44. The van der Waals surface area contributed by atoms with Gasteiger partial charge in [-0.15, -0.1) is 11.8 Å². The van der Waals surface area contributed by atoms with Crippen LogP contribution in [0, 0.1) is 11.6 Å². The fraction of sp³-hybridized carbons (Fsp3) is 0.458. The van der Waals surface area contributed by atoms with E-state index < -0.39 is 52.2 Å². The van der Waals surface area contributed by atoms with Crippen LogP contribution in [0.25, 0.3) is 22.2 Å². The second-order valence-corrected chi connectivity index (χ2v) is 10.6. The highest BCUT2D eigenvalue weighted by Crippen LogP contribution is 2.48. The minimum Gasteiger partial charge on any atom is -0.381 e. The highest BCUT2D eigenvalue weighted by Gasteiger charge is 2.40. The molecule has 1 saturated heterocycles. The summed E-state index contributed by atoms with van der Waals surface area (Å²) in [7, 11) is 1.43. The molecule has 0 spiro atoms. The number of nitrogens with one attached hydrogen (secondary N) is 1. The van der Waals surface area contributed by atoms with E-state index in [-0.39, 0.29) is 46.0 Å². The Morgan fingerprint density at radius 2 is 1.79 bits per heavy atom. The second-order valence-electron chi connectivity index (χ2n) is 9.58. The molecule has 2 aliphatic rings. The average molecular weight is 557 g/mol. The van der Waals surface area contributed by atoms with E-state index in [9.17, 15) is 22.4 Å². The molecule has 3 atom stereocenters. The van der Waals surface area contributed by atoms with Gasteiger partial charge in [-0.25, -0.2) is 18.6 Å². The molecule has 1 fully saturated rings. The van der Waals surface area contributed by atoms with Gasteiger partial charge in [0.1, 0.15) is 11.5 Å². The van der Waals surface area contributed by atoms with E-state index in [0.29, 0.717) is 19.2 Å². The number of thioether (sulfide) groups is 1. The Kier molecular flexibility index (Phi) is 6.76. The van der Waals surface area contributed by atoms with Crippen molar-refractivity contribution < 1.29 is 26.7 Å². The lowest BCUT2D eigenvalue weighted by Crippen LogP contribution is -2.55. The van der Waals surface area contributed by atoms with Crippen LogP contribution in [0.2, 0.25) is 0 Å². The van der Waals surface area contributed by atoms with Crippen molar-refractivity contribution in [3.63, 3.8) is 0 Å². The summed E-state index contributed by atoms with van der Waals surface area (Å²) in [4.78, 5) is 23.0. The van der Waals surface area contributed by atoms with Crippen LogP contribution >= 0.6 is 11.8 Å². The minimum absolute atomic E-state index is 0.0118. The first-order chi connectivity index (χ1) is 17.9. The maximum Gasteiger partial charge on any atom is 0.417 e. The Morgan fingerprint density at radius 1 is 1.11 bits per heavy atom. The van der Waals surface area contributed by atoms with Gasteiger partial charge >= 0.3 is 11.9 Å². The third-order valence-electron chi connectivity index (χ3n) is 6.69. The number of benzene rings is 1. The number of alkyl halides is 3. The SMILES string of the molecule is CO[C@@H]1CSc2c(-c3nc(N)c(F)cc3F)c(C(F)(F)F)cc3c(N4C[C@@H](C)N[C@@H](C)C4)nc(=O)n(c23)C1. The van der Waals surface area contributed by atoms with Crippen LogP contribution in [0.1, 0.15) is 19.4 Å². The fourth-order valence-electron chi connectivity index (χ4n) is 5.13. The van der Waals surface area contributed by atoms with Crippen LogP contribution in [0.3, 0.4) is 0 Å². The van der Waals surface area contributed by atoms with Crippen LogP contribution in [0.15, 0.2) is 21.8 Å². The quantitative estimate of drug-likeness (QED) is 0.472. The highest BCUT2D eigenvalue weighted by molar-refractivity contribution is 7.99. The van der Waals surface area contributed by atoms with E-state index in [1.807, 2.05) is 13.8 Å². The van der Waals surface area contributed by atoms with E-state index in [4.69, 9.17) is 10.5 Å². The first kappa shape index (κ1) is 26.6. The van der Waals surface area contributed by atoms with Crippen LogP contribution in [-0.2, 0) is 17.5 Å². The summed E-state index contributed by atoms with van der Waals surface area (Å²) >= 11 is 0.986. The zero-order chi connectivity index (χ0) is 27.5. The van der Waals surface area contributed by atoms with Gasteiger partial charge in [-0.05, 0) is 19.9 Å². The Labute approximate surface area is 218 Å². The first-order valence-corrected chi connectivity index (χ1v) is 12.8. The van der Waals surface area contributed by atoms with Crippen LogP contribution in [0.4, 0.5) is 33.6 Å². The second kappa shape index (κ2) is 9.65. The molecular weight excluding hydrogens is 531 g/mol. The van der Waals surface area contributed by atoms with Crippen molar-refractivity contribution in [1.82, 2.24) is 19.9 Å². The molecule has 0 saturated carbocycles. The molecule has 0 aliphatic carbocycles. The zero-order valence-electron chi connectivity index (χ0n) is 20.7. The third-order valence-corrected chi connectivity index (χ3v) is 7.91. The van der Waals surface area contributed by atoms with E-state index in [2.05, 4.69) is 15.3 Å². The number of hydrogen-bond acceptors (Lipinski definition) is 8. The molecule has 204 valence electrons. The monoisotopic (exact) mass is 556 g/mol. The third kappa shape index (κ3) is 4.58. The Morgan fingerprint density at radius 3 is 2.42 bits per heavy atom. The molecule has 3 N–H and O–H groups in total. The summed E-state index contributed by atoms with van der Waals surface area (Å²) in [5.74, 6) is -2.96. The number of rotatable bonds is 3. The number of nitrogens with zero attached hydrogens (tertiary/aromatic N) is 4. The summed E-state index contributed by atoms with van der Waals surface area (Å²) in [6.07, 6.45) is -5.49. The molecule has 0 radical (unpaired) electrons. The molecule has 5 rings (SSSR count). The summed E-state index contributed by atoms with van der Waals surface area (Å²) in [6.45, 7) is 4.70. The lowest BCUT2D eigenvalue weighted by atomic mass is 9.98. The topological polar surface area (TPSA) is 98.3 Å². The number of aromatic nitrogens is 3. The zero-order valence-corrected chi connectivity index (χ0v) is 21.5. The Hall–Kier alpha value is -2.97. The molecule has 3 aromatic rings. The van der Waals surface area contributed by atoms with Gasteiger partial charge in [-0.3, -0.25) is 4.57 Å². The molecule has 0 amide bonds. The molecule has 1 aromatic carbocycles. The lowest BCUT2D eigenvalue weighted by Gasteiger charge is -2.37. The van der Waals surface area contributed by atoms with Crippen molar-refractivity contribution in [1.29, 1.82) is 0 Å². The van der Waals surface area contributed by atoms with Gasteiger partial charge in [0.25, 0.3) is 0 Å². The van der Waals surface area contributed by atoms with Crippen LogP contribution in [-0.4, -0.2) is 58.7 Å². The largest absolute Gasteiger partial charge is 0.417 e. The van der Waals surface area contributed by atoms with Crippen molar-refractivity contribution in [2.24, 2.45) is 0 Å². The molecule has 2 aliphatic heterocycles. The summed E-state index contributed by atoms with van der Waals surface area (Å²) in [6, 6.07) is 1.26. The van der Waals surface area contributed by atoms with Gasteiger partial charge in [0.2, 0.25) is 0 Å². The molecule has 8 nitrogen and oxygen atoms in total.